The number of nitrogens with zero attached hydrogens (tertiary/aromatic N) is 1. The largest absolute Gasteiger partial charge is 0.465 e. The number of unbranched alkanes of at least 4 members (excludes halogenated alkanes) is 1. The fraction of sp³-hybridized carbons (Fsp3) is 0.565. The highest BCUT2D eigenvalue weighted by atomic mass is 35.5. The maximum atomic E-state index is 12.0. The van der Waals surface area contributed by atoms with Crippen LogP contribution in [-0.4, -0.2) is 43.3 Å². The van der Waals surface area contributed by atoms with E-state index in [0.717, 1.165) is 37.0 Å². The van der Waals surface area contributed by atoms with Crippen LogP contribution in [0.5, 0.6) is 0 Å². The third kappa shape index (κ3) is 6.04. The van der Waals surface area contributed by atoms with Gasteiger partial charge in [-0.2, -0.15) is 0 Å². The van der Waals surface area contributed by atoms with E-state index >= 15 is 0 Å². The van der Waals surface area contributed by atoms with Crippen molar-refractivity contribution in [3.8, 4) is 0 Å². The van der Waals surface area contributed by atoms with Gasteiger partial charge in [0.15, 0.2) is 5.70 Å². The quantitative estimate of drug-likeness (QED) is 0.332. The summed E-state index contributed by atoms with van der Waals surface area (Å²) in [7, 11) is 1.88. The lowest BCUT2D eigenvalue weighted by atomic mass is 9.84. The smallest absolute Gasteiger partial charge is 0.357 e. The number of allylic oxidation sites excluding steroid dienone is 2. The Balaban J connectivity index is 0.000000220. The molecule has 31 heavy (non-hydrogen) atoms. The number of ether oxygens (including phenoxy) is 2. The van der Waals surface area contributed by atoms with Crippen LogP contribution < -0.4 is 5.32 Å². The van der Waals surface area contributed by atoms with Crippen LogP contribution in [0.4, 0.5) is 0 Å². The summed E-state index contributed by atoms with van der Waals surface area (Å²) in [5.41, 5.74) is -0.0448. The van der Waals surface area contributed by atoms with Gasteiger partial charge in [-0.15, -0.1) is 11.3 Å². The first-order valence-electron chi connectivity index (χ1n) is 10.8. The van der Waals surface area contributed by atoms with Crippen LogP contribution in [-0.2, 0) is 24.5 Å². The van der Waals surface area contributed by atoms with E-state index < -0.39 is 5.41 Å². The average Bonchev–Trinajstić information content (AvgIpc) is 3.50. The lowest BCUT2D eigenvalue weighted by Gasteiger charge is -2.25. The fourth-order valence-electron chi connectivity index (χ4n) is 3.59. The van der Waals surface area contributed by atoms with Gasteiger partial charge in [-0.1, -0.05) is 43.2 Å². The number of carbonyl (C=O) groups excluding carboxylic acids is 2. The lowest BCUT2D eigenvalue weighted by Crippen LogP contribution is -2.35. The van der Waals surface area contributed by atoms with Crippen LogP contribution in [0.2, 0.25) is 0 Å². The molecule has 0 saturated carbocycles. The van der Waals surface area contributed by atoms with Gasteiger partial charge < -0.3 is 19.7 Å². The maximum absolute atomic E-state index is 12.0. The van der Waals surface area contributed by atoms with Crippen LogP contribution in [0.1, 0.15) is 57.8 Å². The van der Waals surface area contributed by atoms with Crippen LogP contribution in [0, 0.1) is 0 Å². The Kier molecular flexibility index (Phi) is 9.91. The van der Waals surface area contributed by atoms with Crippen LogP contribution in [0.15, 0.2) is 40.5 Å². The molecule has 0 fully saturated rings. The summed E-state index contributed by atoms with van der Waals surface area (Å²) in [5, 5.41) is 5.56. The second kappa shape index (κ2) is 12.2. The van der Waals surface area contributed by atoms with Crippen molar-refractivity contribution in [2.45, 2.75) is 64.5 Å². The van der Waals surface area contributed by atoms with Gasteiger partial charge in [0, 0.05) is 11.9 Å². The minimum absolute atomic E-state index is 0.0857. The molecule has 0 bridgehead atoms. The summed E-state index contributed by atoms with van der Waals surface area (Å²) in [6.07, 6.45) is 8.96. The Morgan fingerprint density at radius 3 is 2.45 bits per heavy atom. The summed E-state index contributed by atoms with van der Waals surface area (Å²) in [5.74, 6) is -0.462. The first-order chi connectivity index (χ1) is 14.9. The molecular formula is C23H33ClN2O4S. The van der Waals surface area contributed by atoms with Crippen molar-refractivity contribution < 1.29 is 19.1 Å². The zero-order chi connectivity index (χ0) is 22.9. The highest BCUT2D eigenvalue weighted by molar-refractivity contribution is 7.10. The number of carbonyl (C=O) groups is 2. The van der Waals surface area contributed by atoms with Crippen LogP contribution >= 0.6 is 22.9 Å². The van der Waals surface area contributed by atoms with E-state index in [1.54, 1.807) is 18.3 Å². The van der Waals surface area contributed by atoms with E-state index in [1.807, 2.05) is 36.4 Å². The van der Waals surface area contributed by atoms with Gasteiger partial charge in [0.05, 0.1) is 19.4 Å². The van der Waals surface area contributed by atoms with Gasteiger partial charge in [-0.05, 0) is 51.0 Å². The summed E-state index contributed by atoms with van der Waals surface area (Å²) in [4.78, 5) is 26.6. The van der Waals surface area contributed by atoms with Crippen molar-refractivity contribution in [1.82, 2.24) is 10.2 Å². The third-order valence-corrected chi connectivity index (χ3v) is 6.89. The summed E-state index contributed by atoms with van der Waals surface area (Å²) in [6, 6.07) is 4.01. The molecule has 0 aromatic carbocycles. The lowest BCUT2D eigenvalue weighted by molar-refractivity contribution is -0.149. The highest BCUT2D eigenvalue weighted by Crippen LogP contribution is 2.40. The van der Waals surface area contributed by atoms with Crippen molar-refractivity contribution in [3.63, 3.8) is 0 Å². The molecule has 0 spiro atoms. The second-order valence-electron chi connectivity index (χ2n) is 7.46. The van der Waals surface area contributed by atoms with E-state index in [4.69, 9.17) is 21.1 Å². The Labute approximate surface area is 194 Å². The molecule has 0 radical (unpaired) electrons. The topological polar surface area (TPSA) is 67.9 Å². The normalized spacial score (nSPS) is 19.0. The van der Waals surface area contributed by atoms with E-state index in [2.05, 4.69) is 24.4 Å². The molecule has 172 valence electrons. The van der Waals surface area contributed by atoms with Gasteiger partial charge in [0.25, 0.3) is 0 Å². The molecule has 1 unspecified atom stereocenters. The van der Waals surface area contributed by atoms with Crippen molar-refractivity contribution in [3.05, 3.63) is 45.4 Å². The highest BCUT2D eigenvalue weighted by Gasteiger charge is 2.42. The van der Waals surface area contributed by atoms with E-state index in [-0.39, 0.29) is 18.1 Å². The molecule has 1 N–H and O–H groups in total. The first-order valence-corrected chi connectivity index (χ1v) is 12.1. The zero-order valence-electron chi connectivity index (χ0n) is 18.8. The molecule has 0 amide bonds. The number of rotatable bonds is 8. The van der Waals surface area contributed by atoms with Crippen molar-refractivity contribution in [2.24, 2.45) is 0 Å². The van der Waals surface area contributed by atoms with Gasteiger partial charge in [-0.3, -0.25) is 4.79 Å². The third-order valence-electron chi connectivity index (χ3n) is 5.36. The minimum atomic E-state index is -0.426. The molecule has 2 heterocycles. The number of thiophene rings is 1. The minimum Gasteiger partial charge on any atom is -0.465 e. The van der Waals surface area contributed by atoms with Crippen LogP contribution in [0.3, 0.4) is 0 Å². The molecule has 1 aromatic heterocycles. The van der Waals surface area contributed by atoms with Crippen molar-refractivity contribution >= 4 is 34.9 Å². The Bertz CT molecular complexity index is 784. The monoisotopic (exact) mass is 468 g/mol. The average molecular weight is 469 g/mol. The van der Waals surface area contributed by atoms with Gasteiger partial charge in [0.1, 0.15) is 10.6 Å². The van der Waals surface area contributed by atoms with E-state index in [0.29, 0.717) is 24.1 Å². The summed E-state index contributed by atoms with van der Waals surface area (Å²) in [6.45, 7) is 6.57. The molecule has 1 atom stereocenters. The van der Waals surface area contributed by atoms with Gasteiger partial charge in [0.2, 0.25) is 0 Å². The number of nitrogens with one attached hydrogen (secondary N) is 1. The number of hydrogen-bond donors (Lipinski definition) is 1. The molecule has 6 nitrogen and oxygen atoms in total. The summed E-state index contributed by atoms with van der Waals surface area (Å²) < 4.78 is 10.1. The van der Waals surface area contributed by atoms with Crippen LogP contribution in [0.25, 0.3) is 0 Å². The first kappa shape index (κ1) is 25.3. The zero-order valence-corrected chi connectivity index (χ0v) is 20.4. The second-order valence-corrected chi connectivity index (χ2v) is 8.76. The number of halogens is 1. The maximum Gasteiger partial charge on any atom is 0.357 e. The molecule has 1 aliphatic carbocycles. The number of esters is 2. The Morgan fingerprint density at radius 1 is 1.23 bits per heavy atom. The van der Waals surface area contributed by atoms with Gasteiger partial charge >= 0.3 is 11.9 Å². The fourth-order valence-corrected chi connectivity index (χ4v) is 4.77. The molecule has 8 heteroatoms. The molecule has 3 rings (SSSR count). The molecule has 2 aliphatic rings. The Morgan fingerprint density at radius 2 is 1.90 bits per heavy atom. The van der Waals surface area contributed by atoms with E-state index in [1.165, 1.54) is 0 Å². The van der Waals surface area contributed by atoms with Gasteiger partial charge in [-0.25, -0.2) is 4.79 Å². The van der Waals surface area contributed by atoms with Crippen molar-refractivity contribution in [2.75, 3.05) is 20.3 Å². The van der Waals surface area contributed by atoms with E-state index in [9.17, 15) is 9.59 Å². The van der Waals surface area contributed by atoms with Crippen molar-refractivity contribution in [1.29, 1.82) is 0 Å². The Hall–Kier alpha value is -1.99. The summed E-state index contributed by atoms with van der Waals surface area (Å²) >= 11 is 7.71. The standard InChI is InChI=1S/C12H14O2S.C11H19ClN2O2/c1-2-14-11(13)12(7-3-4-8-12)10-6-5-9-15-10;1-4-6-7-8-13-9(10(12)14(8)3)11(15)16-5-2/h3-6,9H,2,7-8H2,1H3;8,13H,4-7H2,1-3H3. The molecule has 1 aliphatic heterocycles. The molecule has 1 aromatic rings. The number of hydrogen-bond acceptors (Lipinski definition) is 7. The molecular weight excluding hydrogens is 436 g/mol. The predicted octanol–water partition coefficient (Wildman–Crippen LogP) is 4.91. The molecule has 0 saturated heterocycles. The predicted molar refractivity (Wildman–Crippen MR) is 125 cm³/mol. The SMILES string of the molecule is CCCCC1NC(C(=O)OCC)=C(Cl)N1C.CCOC(=O)C1(c2cccs2)CC=CC1.